The number of methoxy groups -OCH3 is 1. The number of halogens is 1. The molecular weight excluding hydrogens is 390 g/mol. The number of ether oxygens (including phenoxy) is 1. The van der Waals surface area contributed by atoms with Crippen LogP contribution in [0.2, 0.25) is 0 Å². The largest absolute Gasteiger partial charge is 0.497 e. The highest BCUT2D eigenvalue weighted by Crippen LogP contribution is 2.21. The molecule has 0 unspecified atom stereocenters. The van der Waals surface area contributed by atoms with Crippen LogP contribution in [0.3, 0.4) is 0 Å². The van der Waals surface area contributed by atoms with Crippen LogP contribution in [0.1, 0.15) is 23.4 Å². The summed E-state index contributed by atoms with van der Waals surface area (Å²) in [6.07, 6.45) is 0. The molecule has 0 aliphatic carbocycles. The molecule has 2 heterocycles. The molecule has 0 aliphatic heterocycles. The molecular formula is C17H16BrN3O4. The molecule has 0 spiro atoms. The Morgan fingerprint density at radius 1 is 1.24 bits per heavy atom. The van der Waals surface area contributed by atoms with Crippen molar-refractivity contribution in [2.24, 2.45) is 0 Å². The van der Waals surface area contributed by atoms with E-state index in [1.807, 2.05) is 31.2 Å². The van der Waals surface area contributed by atoms with Gasteiger partial charge in [-0.25, -0.2) is 0 Å². The van der Waals surface area contributed by atoms with E-state index in [4.69, 9.17) is 13.7 Å². The molecule has 7 nitrogen and oxygen atoms in total. The van der Waals surface area contributed by atoms with Crippen molar-refractivity contribution in [2.45, 2.75) is 13.5 Å². The third kappa shape index (κ3) is 3.90. The SMILES string of the molecule is CCN(Cc1nc(-c2ccc(OC)cc2)no1)C(=O)c1ccc(Br)o1. The highest BCUT2D eigenvalue weighted by Gasteiger charge is 2.20. The summed E-state index contributed by atoms with van der Waals surface area (Å²) < 4.78 is 16.2. The van der Waals surface area contributed by atoms with Crippen molar-refractivity contribution in [3.63, 3.8) is 0 Å². The molecule has 8 heteroatoms. The lowest BCUT2D eigenvalue weighted by atomic mass is 10.2. The zero-order valence-electron chi connectivity index (χ0n) is 13.7. The van der Waals surface area contributed by atoms with Crippen LogP contribution in [-0.2, 0) is 6.54 Å². The number of benzene rings is 1. The van der Waals surface area contributed by atoms with Crippen LogP contribution in [0, 0.1) is 0 Å². The summed E-state index contributed by atoms with van der Waals surface area (Å²) in [5.41, 5.74) is 0.806. The maximum atomic E-state index is 12.4. The zero-order chi connectivity index (χ0) is 17.8. The molecule has 3 aromatic rings. The van der Waals surface area contributed by atoms with Gasteiger partial charge in [-0.3, -0.25) is 4.79 Å². The average Bonchev–Trinajstić information content (AvgIpc) is 3.28. The van der Waals surface area contributed by atoms with Crippen molar-refractivity contribution in [2.75, 3.05) is 13.7 Å². The summed E-state index contributed by atoms with van der Waals surface area (Å²) >= 11 is 3.19. The number of rotatable bonds is 6. The topological polar surface area (TPSA) is 81.6 Å². The highest BCUT2D eigenvalue weighted by molar-refractivity contribution is 9.10. The van der Waals surface area contributed by atoms with Gasteiger partial charge in [0, 0.05) is 12.1 Å². The van der Waals surface area contributed by atoms with E-state index in [0.717, 1.165) is 11.3 Å². The van der Waals surface area contributed by atoms with Gasteiger partial charge >= 0.3 is 0 Å². The normalized spacial score (nSPS) is 10.7. The molecule has 2 aromatic heterocycles. The van der Waals surface area contributed by atoms with Gasteiger partial charge in [-0.05, 0) is 59.3 Å². The minimum atomic E-state index is -0.239. The molecule has 0 atom stereocenters. The Hall–Kier alpha value is -2.61. The molecule has 1 aromatic carbocycles. The standard InChI is InChI=1S/C17H16BrN3O4/c1-3-21(17(22)13-8-9-14(18)24-13)10-15-19-16(20-25-15)11-4-6-12(23-2)7-5-11/h4-9H,3,10H2,1-2H3. The van der Waals surface area contributed by atoms with E-state index in [1.54, 1.807) is 24.1 Å². The summed E-state index contributed by atoms with van der Waals surface area (Å²) in [4.78, 5) is 18.4. The van der Waals surface area contributed by atoms with Crippen LogP contribution in [0.15, 0.2) is 50.0 Å². The van der Waals surface area contributed by atoms with Gasteiger partial charge in [-0.2, -0.15) is 4.98 Å². The molecule has 0 bridgehead atoms. The van der Waals surface area contributed by atoms with Gasteiger partial charge in [0.05, 0.1) is 7.11 Å². The average molecular weight is 406 g/mol. The monoisotopic (exact) mass is 405 g/mol. The Morgan fingerprint density at radius 2 is 2.00 bits per heavy atom. The van der Waals surface area contributed by atoms with Crippen LogP contribution in [0.25, 0.3) is 11.4 Å². The lowest BCUT2D eigenvalue weighted by Gasteiger charge is -2.16. The number of furan rings is 1. The van der Waals surface area contributed by atoms with E-state index in [2.05, 4.69) is 26.1 Å². The molecule has 0 N–H and O–H groups in total. The Morgan fingerprint density at radius 3 is 2.60 bits per heavy atom. The number of hydrogen-bond acceptors (Lipinski definition) is 6. The van der Waals surface area contributed by atoms with Crippen LogP contribution in [-0.4, -0.2) is 34.6 Å². The Labute approximate surface area is 152 Å². The third-order valence-corrected chi connectivity index (χ3v) is 4.02. The van der Waals surface area contributed by atoms with Gasteiger partial charge in [0.25, 0.3) is 5.91 Å². The second-order valence-electron chi connectivity index (χ2n) is 5.16. The van der Waals surface area contributed by atoms with E-state index in [9.17, 15) is 4.79 Å². The Bertz CT molecular complexity index is 857. The predicted molar refractivity (Wildman–Crippen MR) is 93.1 cm³/mol. The summed E-state index contributed by atoms with van der Waals surface area (Å²) in [6, 6.07) is 10.6. The van der Waals surface area contributed by atoms with Crippen LogP contribution >= 0.6 is 15.9 Å². The van der Waals surface area contributed by atoms with Crippen molar-refractivity contribution < 1.29 is 18.5 Å². The van der Waals surface area contributed by atoms with E-state index in [1.165, 1.54) is 0 Å². The fourth-order valence-corrected chi connectivity index (χ4v) is 2.56. The molecule has 0 saturated carbocycles. The van der Waals surface area contributed by atoms with Gasteiger partial charge in [-0.1, -0.05) is 5.16 Å². The zero-order valence-corrected chi connectivity index (χ0v) is 15.3. The quantitative estimate of drug-likeness (QED) is 0.620. The van der Waals surface area contributed by atoms with Gasteiger partial charge in [0.2, 0.25) is 11.7 Å². The van der Waals surface area contributed by atoms with Crippen molar-refractivity contribution in [1.82, 2.24) is 15.0 Å². The minimum absolute atomic E-state index is 0.205. The lowest BCUT2D eigenvalue weighted by Crippen LogP contribution is -2.30. The molecule has 3 rings (SSSR count). The van der Waals surface area contributed by atoms with Crippen LogP contribution in [0.5, 0.6) is 5.75 Å². The number of aromatic nitrogens is 2. The second-order valence-corrected chi connectivity index (χ2v) is 5.94. The maximum Gasteiger partial charge on any atom is 0.290 e. The van der Waals surface area contributed by atoms with Crippen molar-refractivity contribution in [3.05, 3.63) is 52.7 Å². The van der Waals surface area contributed by atoms with Crippen molar-refractivity contribution in [3.8, 4) is 17.1 Å². The summed E-state index contributed by atoms with van der Waals surface area (Å²) in [7, 11) is 1.61. The smallest absolute Gasteiger partial charge is 0.290 e. The van der Waals surface area contributed by atoms with Crippen molar-refractivity contribution >= 4 is 21.8 Å². The number of carbonyl (C=O) groups is 1. The number of hydrogen-bond donors (Lipinski definition) is 0. The molecule has 0 aliphatic rings. The highest BCUT2D eigenvalue weighted by atomic mass is 79.9. The minimum Gasteiger partial charge on any atom is -0.497 e. The number of carbonyl (C=O) groups excluding carboxylic acids is 1. The van der Waals surface area contributed by atoms with Gasteiger partial charge in [0.1, 0.15) is 12.3 Å². The summed E-state index contributed by atoms with van der Waals surface area (Å²) in [5.74, 6) is 1.58. The van der Waals surface area contributed by atoms with Crippen LogP contribution < -0.4 is 4.74 Å². The Balaban J connectivity index is 1.73. The van der Waals surface area contributed by atoms with Gasteiger partial charge in [-0.15, -0.1) is 0 Å². The van der Waals surface area contributed by atoms with E-state index in [0.29, 0.717) is 22.9 Å². The van der Waals surface area contributed by atoms with E-state index in [-0.39, 0.29) is 18.2 Å². The first-order valence-electron chi connectivity index (χ1n) is 7.62. The van der Waals surface area contributed by atoms with Gasteiger partial charge < -0.3 is 18.6 Å². The predicted octanol–water partition coefficient (Wildman–Crippen LogP) is 3.76. The molecule has 0 radical (unpaired) electrons. The van der Waals surface area contributed by atoms with Crippen LogP contribution in [0.4, 0.5) is 0 Å². The first-order chi connectivity index (χ1) is 12.1. The molecule has 0 saturated heterocycles. The molecule has 1 amide bonds. The summed E-state index contributed by atoms with van der Waals surface area (Å²) in [5, 5.41) is 3.97. The number of amides is 1. The molecule has 130 valence electrons. The Kier molecular flexibility index (Phi) is 5.18. The first-order valence-corrected chi connectivity index (χ1v) is 8.41. The first kappa shape index (κ1) is 17.2. The lowest BCUT2D eigenvalue weighted by molar-refractivity contribution is 0.0701. The van der Waals surface area contributed by atoms with E-state index < -0.39 is 0 Å². The number of nitrogens with zero attached hydrogens (tertiary/aromatic N) is 3. The summed E-state index contributed by atoms with van der Waals surface area (Å²) in [6.45, 7) is 2.56. The van der Waals surface area contributed by atoms with Crippen molar-refractivity contribution in [1.29, 1.82) is 0 Å². The van der Waals surface area contributed by atoms with Gasteiger partial charge in [0.15, 0.2) is 10.4 Å². The third-order valence-electron chi connectivity index (χ3n) is 3.60. The van der Waals surface area contributed by atoms with E-state index >= 15 is 0 Å². The fraction of sp³-hybridized carbons (Fsp3) is 0.235. The fourth-order valence-electron chi connectivity index (χ4n) is 2.25. The molecule has 25 heavy (non-hydrogen) atoms. The molecule has 0 fully saturated rings. The second kappa shape index (κ2) is 7.52. The maximum absolute atomic E-state index is 12.4.